The van der Waals surface area contributed by atoms with Gasteiger partial charge in [-0.2, -0.15) is 5.10 Å². The third-order valence-electron chi connectivity index (χ3n) is 7.93. The molecule has 0 bridgehead atoms. The number of aryl methyl sites for hydroxylation is 1. The van der Waals surface area contributed by atoms with Gasteiger partial charge in [-0.3, -0.25) is 0 Å². The van der Waals surface area contributed by atoms with Gasteiger partial charge in [0.2, 0.25) is 5.88 Å². The number of ether oxygens (including phenoxy) is 5. The largest absolute Gasteiger partial charge is 0.475 e. The number of nitrogens with zero attached hydrogens (tertiary/aromatic N) is 4. The Morgan fingerprint density at radius 2 is 1.70 bits per heavy atom. The van der Waals surface area contributed by atoms with Crippen molar-refractivity contribution in [3.8, 4) is 17.0 Å². The van der Waals surface area contributed by atoms with Crippen molar-refractivity contribution in [1.29, 1.82) is 0 Å². The third kappa shape index (κ3) is 11.1. The number of amidine groups is 1. The van der Waals surface area contributed by atoms with Gasteiger partial charge in [0.05, 0.1) is 79.9 Å². The first-order valence-corrected chi connectivity index (χ1v) is 17.3. The van der Waals surface area contributed by atoms with E-state index in [1.54, 1.807) is 24.0 Å². The Labute approximate surface area is 298 Å². The summed E-state index contributed by atoms with van der Waals surface area (Å²) in [6, 6.07) is 8.17. The van der Waals surface area contributed by atoms with E-state index in [1.165, 1.54) is 18.2 Å². The van der Waals surface area contributed by atoms with Crippen molar-refractivity contribution in [3.05, 3.63) is 70.9 Å². The fraction of sp³-hybridized carbons (Fsp3) is 0.472. The van der Waals surface area contributed by atoms with E-state index >= 15 is 0 Å². The second kappa shape index (κ2) is 20.1. The van der Waals surface area contributed by atoms with Crippen molar-refractivity contribution in [2.24, 2.45) is 16.5 Å². The number of nitrogens with one attached hydrogen (secondary N) is 1. The number of benzene rings is 1. The lowest BCUT2D eigenvalue weighted by molar-refractivity contribution is 0.00000309. The maximum atomic E-state index is 14.0. The predicted molar refractivity (Wildman–Crippen MR) is 195 cm³/mol. The summed E-state index contributed by atoms with van der Waals surface area (Å²) >= 11 is 6.28. The first-order chi connectivity index (χ1) is 24.3. The van der Waals surface area contributed by atoms with Crippen LogP contribution in [-0.2, 0) is 18.9 Å². The Balaban J connectivity index is 0.00000276. The van der Waals surface area contributed by atoms with Gasteiger partial charge in [-0.25, -0.2) is 18.9 Å². The maximum absolute atomic E-state index is 14.0. The molecule has 5 rings (SSSR count). The minimum Gasteiger partial charge on any atom is -0.475 e. The SMILES string of the molecule is CC.COCCOCCOCCOCCOc1cc(C)c(-c2cc3c(NC4CCC(N)C4)c(C(N)=Nc4cc(F)ccc4Cl)cnn3c2)cn1. The van der Waals surface area contributed by atoms with Gasteiger partial charge in [0.25, 0.3) is 0 Å². The molecule has 0 spiro atoms. The lowest BCUT2D eigenvalue weighted by Gasteiger charge is -2.18. The van der Waals surface area contributed by atoms with Gasteiger partial charge in [0, 0.05) is 54.8 Å². The fourth-order valence-electron chi connectivity index (χ4n) is 5.46. The highest BCUT2D eigenvalue weighted by Crippen LogP contribution is 2.34. The van der Waals surface area contributed by atoms with Crippen molar-refractivity contribution in [2.75, 3.05) is 65.3 Å². The van der Waals surface area contributed by atoms with Gasteiger partial charge in [-0.15, -0.1) is 0 Å². The summed E-state index contributed by atoms with van der Waals surface area (Å²) in [6.07, 6.45) is 8.04. The lowest BCUT2D eigenvalue weighted by Crippen LogP contribution is -2.24. The van der Waals surface area contributed by atoms with Crippen LogP contribution in [0.2, 0.25) is 5.02 Å². The van der Waals surface area contributed by atoms with Gasteiger partial charge in [0.1, 0.15) is 18.3 Å². The molecule has 12 nitrogen and oxygen atoms in total. The zero-order valence-electron chi connectivity index (χ0n) is 29.3. The van der Waals surface area contributed by atoms with E-state index in [0.717, 1.165) is 47.2 Å². The predicted octanol–water partition coefficient (Wildman–Crippen LogP) is 5.93. The van der Waals surface area contributed by atoms with Crippen LogP contribution in [0.15, 0.2) is 53.9 Å². The Bertz CT molecular complexity index is 1690. The lowest BCUT2D eigenvalue weighted by atomic mass is 10.1. The summed E-state index contributed by atoms with van der Waals surface area (Å²) in [5.74, 6) is 0.206. The smallest absolute Gasteiger partial charge is 0.213 e. The highest BCUT2D eigenvalue weighted by atomic mass is 35.5. The molecule has 14 heteroatoms. The number of fused-ring (bicyclic) bond motifs is 1. The zero-order chi connectivity index (χ0) is 35.9. The van der Waals surface area contributed by atoms with Crippen LogP contribution in [0.4, 0.5) is 15.8 Å². The Kier molecular flexibility index (Phi) is 15.7. The Morgan fingerprint density at radius 3 is 2.36 bits per heavy atom. The standard InChI is InChI=1S/C34H43ClFN7O5.C2H6/c1-22-15-32(48-14-13-47-12-11-46-10-9-45-8-7-44-2)39-19-27(22)23-16-31-33(41-26-5-4-25(37)18-26)28(20-40-43(31)21-23)34(38)42-30-17-24(36)3-6-29(30)35;1-2/h3,6,15-17,19-21,25-26,41H,4-5,7-14,18,37H2,1-2H3,(H2,38,42);1-2H3. The molecule has 2 unspecified atom stereocenters. The topological polar surface area (TPSA) is 153 Å². The molecular formula is C36H49ClFN7O5. The van der Waals surface area contributed by atoms with E-state index < -0.39 is 5.82 Å². The Hall–Kier alpha value is -3.85. The van der Waals surface area contributed by atoms with Crippen LogP contribution < -0.4 is 21.5 Å². The number of anilines is 1. The highest BCUT2D eigenvalue weighted by molar-refractivity contribution is 6.33. The van der Waals surface area contributed by atoms with E-state index in [9.17, 15) is 4.39 Å². The monoisotopic (exact) mass is 713 g/mol. The molecule has 3 aromatic heterocycles. The average molecular weight is 714 g/mol. The quantitative estimate of drug-likeness (QED) is 0.0643. The number of aliphatic imine (C=N–C) groups is 1. The van der Waals surface area contributed by atoms with Gasteiger partial charge < -0.3 is 40.5 Å². The molecule has 5 N–H and O–H groups in total. The number of pyridine rings is 1. The van der Waals surface area contributed by atoms with Crippen LogP contribution >= 0.6 is 11.6 Å². The molecule has 1 aliphatic rings. The molecule has 1 aromatic carbocycles. The van der Waals surface area contributed by atoms with E-state index in [0.29, 0.717) is 69.3 Å². The summed E-state index contributed by atoms with van der Waals surface area (Å²) in [4.78, 5) is 8.99. The molecule has 3 heterocycles. The van der Waals surface area contributed by atoms with Gasteiger partial charge in [-0.05, 0) is 49.9 Å². The van der Waals surface area contributed by atoms with Crippen molar-refractivity contribution in [2.45, 2.75) is 52.1 Å². The molecule has 4 aromatic rings. The van der Waals surface area contributed by atoms with Gasteiger partial charge in [-0.1, -0.05) is 25.4 Å². The third-order valence-corrected chi connectivity index (χ3v) is 8.25. The normalized spacial score (nSPS) is 16.0. The first-order valence-electron chi connectivity index (χ1n) is 17.0. The number of halogens is 2. The molecule has 0 radical (unpaired) electrons. The molecule has 1 aliphatic carbocycles. The number of hydrogen-bond donors (Lipinski definition) is 3. The van der Waals surface area contributed by atoms with Gasteiger partial charge in [0.15, 0.2) is 0 Å². The minimum atomic E-state index is -0.458. The second-order valence-corrected chi connectivity index (χ2v) is 11.9. The van der Waals surface area contributed by atoms with Crippen LogP contribution in [0.25, 0.3) is 16.6 Å². The van der Waals surface area contributed by atoms with Crippen LogP contribution in [0, 0.1) is 12.7 Å². The fourth-order valence-corrected chi connectivity index (χ4v) is 5.62. The van der Waals surface area contributed by atoms with Crippen LogP contribution in [0.5, 0.6) is 5.88 Å². The van der Waals surface area contributed by atoms with E-state index in [-0.39, 0.29) is 23.6 Å². The summed E-state index contributed by atoms with van der Waals surface area (Å²) in [7, 11) is 1.64. The van der Waals surface area contributed by atoms with Gasteiger partial charge >= 0.3 is 0 Å². The molecule has 272 valence electrons. The van der Waals surface area contributed by atoms with Crippen molar-refractivity contribution in [3.63, 3.8) is 0 Å². The van der Waals surface area contributed by atoms with Crippen LogP contribution in [0.1, 0.15) is 44.2 Å². The summed E-state index contributed by atoms with van der Waals surface area (Å²) < 4.78 is 42.9. The number of nitrogens with two attached hydrogens (primary N) is 2. The maximum Gasteiger partial charge on any atom is 0.213 e. The van der Waals surface area contributed by atoms with Crippen LogP contribution in [0.3, 0.4) is 0 Å². The Morgan fingerprint density at radius 1 is 1.00 bits per heavy atom. The first kappa shape index (κ1) is 38.9. The van der Waals surface area contributed by atoms with Crippen molar-refractivity contribution in [1.82, 2.24) is 14.6 Å². The summed E-state index contributed by atoms with van der Waals surface area (Å²) in [5.41, 5.74) is 17.9. The number of aromatic nitrogens is 3. The zero-order valence-corrected chi connectivity index (χ0v) is 30.0. The molecule has 0 amide bonds. The number of methoxy groups -OCH3 is 1. The average Bonchev–Trinajstić information content (AvgIpc) is 3.74. The van der Waals surface area contributed by atoms with Crippen LogP contribution in [-0.4, -0.2) is 92.5 Å². The van der Waals surface area contributed by atoms with E-state index in [4.69, 9.17) is 46.8 Å². The molecule has 0 aliphatic heterocycles. The molecular weight excluding hydrogens is 665 g/mol. The van der Waals surface area contributed by atoms with E-state index in [2.05, 4.69) is 20.4 Å². The minimum absolute atomic E-state index is 0.125. The molecule has 0 saturated heterocycles. The van der Waals surface area contributed by atoms with E-state index in [1.807, 2.05) is 39.1 Å². The highest BCUT2D eigenvalue weighted by Gasteiger charge is 2.25. The number of rotatable bonds is 18. The molecule has 1 saturated carbocycles. The number of hydrogen-bond acceptors (Lipinski definition) is 10. The van der Waals surface area contributed by atoms with Crippen molar-refractivity contribution < 1.29 is 28.1 Å². The summed E-state index contributed by atoms with van der Waals surface area (Å²) in [6.45, 7) is 9.88. The summed E-state index contributed by atoms with van der Waals surface area (Å²) in [5, 5.41) is 8.57. The van der Waals surface area contributed by atoms with Crippen molar-refractivity contribution >= 4 is 34.3 Å². The molecule has 50 heavy (non-hydrogen) atoms. The molecule has 1 fully saturated rings. The molecule has 2 atom stereocenters. The second-order valence-electron chi connectivity index (χ2n) is 11.5.